The molecule has 0 fully saturated rings. The Morgan fingerprint density at radius 1 is 0.913 bits per heavy atom. The van der Waals surface area contributed by atoms with Crippen molar-refractivity contribution in [3.05, 3.63) is 71.8 Å². The predicted octanol–water partition coefficient (Wildman–Crippen LogP) is 2.37. The first kappa shape index (κ1) is 16.7. The highest BCUT2D eigenvalue weighted by atomic mass is 16.6. The van der Waals surface area contributed by atoms with Crippen molar-refractivity contribution in [2.45, 2.75) is 25.0 Å². The fraction of sp³-hybridized carbons (Fsp3) is 0.222. The lowest BCUT2D eigenvalue weighted by Gasteiger charge is -2.34. The van der Waals surface area contributed by atoms with Gasteiger partial charge in [-0.25, -0.2) is 4.79 Å². The van der Waals surface area contributed by atoms with E-state index in [0.29, 0.717) is 11.1 Å². The molecule has 0 aliphatic rings. The van der Waals surface area contributed by atoms with Crippen LogP contribution >= 0.6 is 0 Å². The molecule has 0 radical (unpaired) electrons. The molecule has 0 aliphatic carbocycles. The van der Waals surface area contributed by atoms with Gasteiger partial charge in [0.1, 0.15) is 0 Å². The molecule has 0 unspecified atom stereocenters. The molecular weight excluding hydrogens is 294 g/mol. The topological polar surface area (TPSA) is 89.6 Å². The summed E-state index contributed by atoms with van der Waals surface area (Å²) >= 11 is 0. The van der Waals surface area contributed by atoms with Gasteiger partial charge >= 0.3 is 6.09 Å². The van der Waals surface area contributed by atoms with E-state index in [1.165, 1.54) is 13.8 Å². The van der Waals surface area contributed by atoms with E-state index in [4.69, 9.17) is 10.5 Å². The molecule has 1 amide bonds. The number of primary amides is 1. The molecule has 0 aliphatic heterocycles. The monoisotopic (exact) mass is 313 g/mol. The van der Waals surface area contributed by atoms with Gasteiger partial charge in [0, 0.05) is 0 Å². The number of ether oxygens (including phenoxy) is 1. The van der Waals surface area contributed by atoms with Crippen LogP contribution in [0.3, 0.4) is 0 Å². The van der Waals surface area contributed by atoms with Crippen LogP contribution in [0.4, 0.5) is 4.79 Å². The highest BCUT2D eigenvalue weighted by Gasteiger charge is 2.49. The molecule has 120 valence electrons. The number of nitrogens with two attached hydrogens (primary N) is 1. The van der Waals surface area contributed by atoms with E-state index < -0.39 is 23.1 Å². The number of amides is 1. The summed E-state index contributed by atoms with van der Waals surface area (Å²) in [5.74, 6) is -0.679. The van der Waals surface area contributed by atoms with Crippen molar-refractivity contribution >= 4 is 11.9 Å². The number of Topliss-reactive ketones (excluding diaryl/α,β-unsaturated/α-hetero) is 1. The van der Waals surface area contributed by atoms with Gasteiger partial charge in [0.2, 0.25) is 5.78 Å². The zero-order valence-corrected chi connectivity index (χ0v) is 13.0. The Balaban J connectivity index is 2.60. The summed E-state index contributed by atoms with van der Waals surface area (Å²) < 4.78 is 4.92. The Morgan fingerprint density at radius 2 is 1.30 bits per heavy atom. The Labute approximate surface area is 134 Å². The molecule has 2 aromatic rings. The number of carbonyl (C=O) groups excluding carboxylic acids is 2. The minimum absolute atomic E-state index is 0.386. The van der Waals surface area contributed by atoms with Gasteiger partial charge in [0.15, 0.2) is 11.2 Å². The highest BCUT2D eigenvalue weighted by molar-refractivity contribution is 5.98. The normalized spacial score (nSPS) is 11.8. The summed E-state index contributed by atoms with van der Waals surface area (Å²) in [4.78, 5) is 24.1. The summed E-state index contributed by atoms with van der Waals surface area (Å²) in [6.07, 6.45) is -1.08. The van der Waals surface area contributed by atoms with Crippen LogP contribution in [0.1, 0.15) is 25.0 Å². The van der Waals surface area contributed by atoms with Crippen molar-refractivity contribution in [2.24, 2.45) is 5.73 Å². The summed E-state index contributed by atoms with van der Waals surface area (Å²) in [6.45, 7) is 2.80. The second-order valence-electron chi connectivity index (χ2n) is 5.70. The van der Waals surface area contributed by atoms with Crippen molar-refractivity contribution in [1.82, 2.24) is 0 Å². The summed E-state index contributed by atoms with van der Waals surface area (Å²) in [6, 6.07) is 17.0. The van der Waals surface area contributed by atoms with Crippen molar-refractivity contribution in [3.8, 4) is 0 Å². The SMILES string of the molecule is CC(C)(OC(N)=O)C(=O)C(O)(c1ccccc1)c1ccccc1. The molecule has 0 saturated heterocycles. The fourth-order valence-corrected chi connectivity index (χ4v) is 2.52. The van der Waals surface area contributed by atoms with Gasteiger partial charge in [-0.3, -0.25) is 4.79 Å². The maximum Gasteiger partial charge on any atom is 0.405 e. The number of rotatable bonds is 5. The van der Waals surface area contributed by atoms with Crippen LogP contribution in [0, 0.1) is 0 Å². The van der Waals surface area contributed by atoms with Crippen molar-refractivity contribution in [2.75, 3.05) is 0 Å². The Hall–Kier alpha value is -2.66. The van der Waals surface area contributed by atoms with Gasteiger partial charge in [0.05, 0.1) is 0 Å². The first-order chi connectivity index (χ1) is 10.8. The number of benzene rings is 2. The molecule has 0 saturated carbocycles. The summed E-state index contributed by atoms with van der Waals surface area (Å²) in [5.41, 5.74) is 2.27. The van der Waals surface area contributed by atoms with Crippen molar-refractivity contribution in [1.29, 1.82) is 0 Å². The van der Waals surface area contributed by atoms with Crippen LogP contribution in [0.15, 0.2) is 60.7 Å². The second kappa shape index (κ2) is 6.22. The highest BCUT2D eigenvalue weighted by Crippen LogP contribution is 2.35. The molecule has 2 aromatic carbocycles. The van der Waals surface area contributed by atoms with Crippen molar-refractivity contribution < 1.29 is 19.4 Å². The van der Waals surface area contributed by atoms with Gasteiger partial charge in [-0.2, -0.15) is 0 Å². The molecule has 0 atom stereocenters. The van der Waals surface area contributed by atoms with Gasteiger partial charge < -0.3 is 15.6 Å². The van der Waals surface area contributed by atoms with E-state index in [2.05, 4.69) is 0 Å². The fourth-order valence-electron chi connectivity index (χ4n) is 2.52. The predicted molar refractivity (Wildman–Crippen MR) is 85.6 cm³/mol. The van der Waals surface area contributed by atoms with Crippen LogP contribution < -0.4 is 5.73 Å². The standard InChI is InChI=1S/C18H19NO4/c1-17(2,23-16(19)21)15(20)18(22,13-9-5-3-6-10-13)14-11-7-4-8-12-14/h3-12,22H,1-2H3,(H2,19,21). The second-order valence-corrected chi connectivity index (χ2v) is 5.70. The average molecular weight is 313 g/mol. The van der Waals surface area contributed by atoms with Gasteiger partial charge in [0.25, 0.3) is 0 Å². The molecule has 0 bridgehead atoms. The lowest BCUT2D eigenvalue weighted by molar-refractivity contribution is -0.150. The zero-order valence-electron chi connectivity index (χ0n) is 13.0. The lowest BCUT2D eigenvalue weighted by Crippen LogP contribution is -2.51. The third-order valence-electron chi connectivity index (χ3n) is 3.61. The Bertz CT molecular complexity index is 656. The number of aliphatic hydroxyl groups is 1. The van der Waals surface area contributed by atoms with Crippen molar-refractivity contribution in [3.63, 3.8) is 0 Å². The maximum absolute atomic E-state index is 13.0. The van der Waals surface area contributed by atoms with Crippen LogP contribution in [0.5, 0.6) is 0 Å². The number of hydrogen-bond donors (Lipinski definition) is 2. The molecule has 0 heterocycles. The minimum Gasteiger partial charge on any atom is -0.436 e. The minimum atomic E-state index is -1.96. The van der Waals surface area contributed by atoms with E-state index in [9.17, 15) is 14.7 Å². The van der Waals surface area contributed by atoms with E-state index in [1.807, 2.05) is 0 Å². The smallest absolute Gasteiger partial charge is 0.405 e. The van der Waals surface area contributed by atoms with Gasteiger partial charge in [-0.15, -0.1) is 0 Å². The van der Waals surface area contributed by atoms with Gasteiger partial charge in [-0.05, 0) is 25.0 Å². The Kier molecular flexibility index (Phi) is 4.52. The molecular formula is C18H19NO4. The number of carbonyl (C=O) groups is 2. The first-order valence-electron chi connectivity index (χ1n) is 7.15. The van der Waals surface area contributed by atoms with Crippen LogP contribution in [-0.4, -0.2) is 22.6 Å². The molecule has 3 N–H and O–H groups in total. The summed E-state index contributed by atoms with van der Waals surface area (Å²) in [7, 11) is 0. The molecule has 0 spiro atoms. The van der Waals surface area contributed by atoms with E-state index in [0.717, 1.165) is 0 Å². The average Bonchev–Trinajstić information content (AvgIpc) is 2.54. The zero-order chi connectivity index (χ0) is 17.1. The number of hydrogen-bond acceptors (Lipinski definition) is 4. The van der Waals surface area contributed by atoms with Crippen LogP contribution in [0.25, 0.3) is 0 Å². The molecule has 23 heavy (non-hydrogen) atoms. The lowest BCUT2D eigenvalue weighted by atomic mass is 9.77. The third-order valence-corrected chi connectivity index (χ3v) is 3.61. The Morgan fingerprint density at radius 3 is 1.65 bits per heavy atom. The quantitative estimate of drug-likeness (QED) is 0.886. The molecule has 5 nitrogen and oxygen atoms in total. The van der Waals surface area contributed by atoms with Gasteiger partial charge in [-0.1, -0.05) is 60.7 Å². The van der Waals surface area contributed by atoms with Crippen LogP contribution in [0.2, 0.25) is 0 Å². The van der Waals surface area contributed by atoms with E-state index in [-0.39, 0.29) is 0 Å². The summed E-state index contributed by atoms with van der Waals surface area (Å²) in [5, 5.41) is 11.3. The maximum atomic E-state index is 13.0. The largest absolute Gasteiger partial charge is 0.436 e. The van der Waals surface area contributed by atoms with Crippen LogP contribution in [-0.2, 0) is 15.1 Å². The first-order valence-corrected chi connectivity index (χ1v) is 7.15. The van der Waals surface area contributed by atoms with E-state index >= 15 is 0 Å². The molecule has 0 aromatic heterocycles. The molecule has 2 rings (SSSR count). The number of ketones is 1. The van der Waals surface area contributed by atoms with E-state index in [1.54, 1.807) is 60.7 Å². The third kappa shape index (κ3) is 3.24. The molecule has 5 heteroatoms.